The van der Waals surface area contributed by atoms with Crippen molar-refractivity contribution >= 4 is 79.6 Å². The Morgan fingerprint density at radius 1 is 0.724 bits per heavy atom. The molecule has 0 aliphatic carbocycles. The van der Waals surface area contributed by atoms with E-state index in [1.165, 1.54) is 0 Å². The van der Waals surface area contributed by atoms with Crippen molar-refractivity contribution in [2.45, 2.75) is 39.3 Å². The molecule has 12 rings (SSSR count). The molecule has 2 fully saturated rings. The van der Waals surface area contributed by atoms with Gasteiger partial charge < -0.3 is 45.5 Å². The maximum Gasteiger partial charge on any atom is 0.256 e. The first kappa shape index (κ1) is 47.8. The number of hydrogen-bond donors (Lipinski definition) is 7. The Bertz CT molecular complexity index is 3750. The van der Waals surface area contributed by atoms with Gasteiger partial charge in [-0.2, -0.15) is 10.2 Å². The molecule has 22 heteroatoms. The fourth-order valence-electron chi connectivity index (χ4n) is 10.0. The average Bonchev–Trinajstić information content (AvgIpc) is 4.35. The molecular formula is C54H52N16O6. The number of nitrogens with one attached hydrogen (secondary N) is 7. The summed E-state index contributed by atoms with van der Waals surface area (Å²) in [6.07, 6.45) is 9.04. The summed E-state index contributed by atoms with van der Waals surface area (Å²) >= 11 is 0. The van der Waals surface area contributed by atoms with Crippen LogP contribution in [-0.4, -0.2) is 136 Å². The number of morpholine rings is 2. The van der Waals surface area contributed by atoms with Crippen LogP contribution in [0.3, 0.4) is 0 Å². The molecule has 0 bridgehead atoms. The summed E-state index contributed by atoms with van der Waals surface area (Å²) < 4.78 is 11.0. The molecule has 384 valence electrons. The Kier molecular flexibility index (Phi) is 12.3. The minimum absolute atomic E-state index is 0.0609. The zero-order chi connectivity index (χ0) is 52.1. The fourth-order valence-corrected chi connectivity index (χ4v) is 10.0. The quantitative estimate of drug-likeness (QED) is 0.0669. The number of aromatic nitrogens is 10. The van der Waals surface area contributed by atoms with Crippen LogP contribution in [0, 0.1) is 5.92 Å². The highest BCUT2D eigenvalue weighted by Gasteiger charge is 2.39. The van der Waals surface area contributed by atoms with Crippen molar-refractivity contribution in [3.05, 3.63) is 114 Å². The summed E-state index contributed by atoms with van der Waals surface area (Å²) in [6.45, 7) is 9.47. The van der Waals surface area contributed by atoms with Crippen molar-refractivity contribution in [1.82, 2.24) is 60.1 Å². The molecule has 2 atom stereocenters. The molecule has 3 aliphatic heterocycles. The van der Waals surface area contributed by atoms with Gasteiger partial charge >= 0.3 is 0 Å². The van der Waals surface area contributed by atoms with E-state index in [1.807, 2.05) is 67.3 Å². The second kappa shape index (κ2) is 19.6. The van der Waals surface area contributed by atoms with Crippen LogP contribution in [-0.2, 0) is 31.1 Å². The Hall–Kier alpha value is -9.15. The SMILES string of the molecule is CCC(=O)Nc1ccc(-c2cnc3n[nH]c(-c4nc5c(CC(C)C(=O)Nc6cncc(-c7cnc8n[nH]c(C9(C)Nc%10cccc(C(=O)N%11CCOCC%11)c%10N9)c8c7)c6)ccc(C(=O)N6CCOCC6)c5[nH]4)c3c2)cn1. The average molecular weight is 1020 g/mol. The Morgan fingerprint density at radius 2 is 1.41 bits per heavy atom. The first-order valence-electron chi connectivity index (χ1n) is 25.2. The van der Waals surface area contributed by atoms with Gasteiger partial charge in [-0.15, -0.1) is 0 Å². The van der Waals surface area contributed by atoms with Crippen LogP contribution in [0.1, 0.15) is 59.2 Å². The fraction of sp³-hybridized carbons (Fsp3) is 0.278. The summed E-state index contributed by atoms with van der Waals surface area (Å²) in [5, 5.41) is 29.7. The van der Waals surface area contributed by atoms with Gasteiger partial charge in [0.25, 0.3) is 11.8 Å². The van der Waals surface area contributed by atoms with Crippen LogP contribution in [0.15, 0.2) is 91.6 Å². The normalized spacial score (nSPS) is 16.8. The van der Waals surface area contributed by atoms with Crippen LogP contribution in [0.5, 0.6) is 0 Å². The first-order valence-corrected chi connectivity index (χ1v) is 25.2. The zero-order valence-electron chi connectivity index (χ0n) is 41.8. The molecule has 7 aromatic heterocycles. The molecule has 0 spiro atoms. The number of H-pyrrole nitrogens is 3. The molecule has 22 nitrogen and oxygen atoms in total. The van der Waals surface area contributed by atoms with Crippen LogP contribution < -0.4 is 21.3 Å². The second-order valence-corrected chi connectivity index (χ2v) is 19.3. The minimum Gasteiger partial charge on any atom is -0.378 e. The van der Waals surface area contributed by atoms with Gasteiger partial charge in [-0.1, -0.05) is 26.0 Å². The Balaban J connectivity index is 0.794. The minimum atomic E-state index is -0.872. The number of amides is 4. The summed E-state index contributed by atoms with van der Waals surface area (Å²) in [7, 11) is 0. The Morgan fingerprint density at radius 3 is 2.14 bits per heavy atom. The van der Waals surface area contributed by atoms with Gasteiger partial charge in [0.2, 0.25) is 11.8 Å². The zero-order valence-corrected chi connectivity index (χ0v) is 41.8. The van der Waals surface area contributed by atoms with E-state index in [-0.39, 0.29) is 23.6 Å². The van der Waals surface area contributed by atoms with Gasteiger partial charge in [-0.25, -0.2) is 19.9 Å². The van der Waals surface area contributed by atoms with E-state index in [9.17, 15) is 19.2 Å². The van der Waals surface area contributed by atoms with Gasteiger partial charge in [0, 0.05) is 90.9 Å². The molecule has 2 unspecified atom stereocenters. The van der Waals surface area contributed by atoms with Gasteiger partial charge in [-0.3, -0.25) is 34.4 Å². The number of anilines is 4. The number of nitrogens with zero attached hydrogens (tertiary/aromatic N) is 9. The third-order valence-electron chi connectivity index (χ3n) is 14.2. The van der Waals surface area contributed by atoms with E-state index in [0.29, 0.717) is 133 Å². The molecule has 3 aliphatic rings. The number of carbonyl (C=O) groups excluding carboxylic acids is 4. The van der Waals surface area contributed by atoms with Crippen LogP contribution in [0.2, 0.25) is 0 Å². The summed E-state index contributed by atoms with van der Waals surface area (Å²) in [5.74, 6) is -0.250. The molecule has 0 radical (unpaired) electrons. The van der Waals surface area contributed by atoms with E-state index in [4.69, 9.17) is 14.5 Å². The van der Waals surface area contributed by atoms with Gasteiger partial charge in [0.15, 0.2) is 17.1 Å². The van der Waals surface area contributed by atoms with Gasteiger partial charge in [0.1, 0.15) is 17.2 Å². The monoisotopic (exact) mass is 1020 g/mol. The summed E-state index contributed by atoms with van der Waals surface area (Å²) in [4.78, 5) is 84.2. The molecule has 7 N–H and O–H groups in total. The van der Waals surface area contributed by atoms with Crippen molar-refractivity contribution in [2.24, 2.45) is 5.92 Å². The van der Waals surface area contributed by atoms with Crippen molar-refractivity contribution < 1.29 is 28.7 Å². The number of fused-ring (bicyclic) bond motifs is 4. The standard InChI is InChI=1S/C54H52N16O6/c1-4-42(71)60-41-11-9-31(25-56-41)33-22-38-46(65-67-48(38)57-26-33)50-61-43-30(8-10-37(45(43)62-50)53(74)70-14-18-76-19-15-70)20-29(2)51(72)59-35-21-32(24-55-28-35)34-23-39-47(66-68-49(39)58-27-34)54(3)63-40-7-5-6-36(44(40)64-54)52(73)69-12-16-75-17-13-69/h5-11,21-29,63-64H,4,12-20H2,1-3H3,(H,59,72)(H,61,62)(H,56,60,71)(H,57,65,67)(H,58,66,68). The highest BCUT2D eigenvalue weighted by Crippen LogP contribution is 2.43. The molecule has 2 aromatic carbocycles. The number of ether oxygens (including phenoxy) is 2. The molecule has 0 saturated carbocycles. The molecule has 9 aromatic rings. The number of para-hydroxylation sites is 1. The predicted molar refractivity (Wildman–Crippen MR) is 284 cm³/mol. The predicted octanol–water partition coefficient (Wildman–Crippen LogP) is 6.72. The molecule has 76 heavy (non-hydrogen) atoms. The number of carbonyl (C=O) groups is 4. The number of rotatable bonds is 12. The van der Waals surface area contributed by atoms with Gasteiger partial charge in [-0.05, 0) is 67.4 Å². The van der Waals surface area contributed by atoms with E-state index >= 15 is 0 Å². The lowest BCUT2D eigenvalue weighted by Crippen LogP contribution is -2.41. The number of aromatic amines is 3. The maximum absolute atomic E-state index is 14.1. The van der Waals surface area contributed by atoms with E-state index in [2.05, 4.69) is 66.6 Å². The highest BCUT2D eigenvalue weighted by atomic mass is 16.5. The largest absolute Gasteiger partial charge is 0.378 e. The van der Waals surface area contributed by atoms with Crippen LogP contribution in [0.25, 0.3) is 66.9 Å². The topological polar surface area (TPSA) is 279 Å². The molecule has 2 saturated heterocycles. The summed E-state index contributed by atoms with van der Waals surface area (Å²) in [5.41, 5.74) is 9.24. The smallest absolute Gasteiger partial charge is 0.256 e. The lowest BCUT2D eigenvalue weighted by molar-refractivity contribution is -0.119. The van der Waals surface area contributed by atoms with E-state index < -0.39 is 11.6 Å². The lowest BCUT2D eigenvalue weighted by atomic mass is 9.97. The van der Waals surface area contributed by atoms with Crippen molar-refractivity contribution in [1.29, 1.82) is 0 Å². The van der Waals surface area contributed by atoms with Crippen LogP contribution >= 0.6 is 0 Å². The number of hydrogen-bond acceptors (Lipinski definition) is 15. The van der Waals surface area contributed by atoms with E-state index in [1.54, 1.807) is 54.9 Å². The highest BCUT2D eigenvalue weighted by molar-refractivity contribution is 6.07. The third-order valence-corrected chi connectivity index (χ3v) is 14.2. The molecule has 4 amide bonds. The third kappa shape index (κ3) is 8.95. The van der Waals surface area contributed by atoms with Crippen molar-refractivity contribution in [3.63, 3.8) is 0 Å². The van der Waals surface area contributed by atoms with Gasteiger partial charge in [0.05, 0.1) is 82.9 Å². The second-order valence-electron chi connectivity index (χ2n) is 19.3. The maximum atomic E-state index is 14.1. The van der Waals surface area contributed by atoms with Crippen LogP contribution in [0.4, 0.5) is 22.9 Å². The van der Waals surface area contributed by atoms with E-state index in [0.717, 1.165) is 44.6 Å². The number of benzene rings is 2. The van der Waals surface area contributed by atoms with Crippen molar-refractivity contribution in [2.75, 3.05) is 73.9 Å². The Labute approximate surface area is 433 Å². The van der Waals surface area contributed by atoms with Crippen molar-refractivity contribution in [3.8, 4) is 33.8 Å². The first-order chi connectivity index (χ1) is 37.0. The summed E-state index contributed by atoms with van der Waals surface area (Å²) in [6, 6.07) is 18.7. The molecule has 10 heterocycles. The number of imidazole rings is 1. The molecular weight excluding hydrogens is 969 g/mol. The lowest BCUT2D eigenvalue weighted by Gasteiger charge is -2.28. The number of pyridine rings is 4.